The molecule has 2 aromatic carbocycles. The van der Waals surface area contributed by atoms with E-state index in [1.165, 1.54) is 31.4 Å². The Labute approximate surface area is 134 Å². The van der Waals surface area contributed by atoms with Gasteiger partial charge in [-0.15, -0.1) is 0 Å². The van der Waals surface area contributed by atoms with Crippen LogP contribution in [0.25, 0.3) is 6.08 Å². The van der Waals surface area contributed by atoms with Gasteiger partial charge in [0.2, 0.25) is 0 Å². The number of benzene rings is 2. The number of aromatic hydroxyl groups is 2. The van der Waals surface area contributed by atoms with E-state index in [-0.39, 0.29) is 11.5 Å². The van der Waals surface area contributed by atoms with E-state index in [9.17, 15) is 15.0 Å². The minimum atomic E-state index is -0.488. The lowest BCUT2D eigenvalue weighted by Gasteiger charge is -2.12. The van der Waals surface area contributed by atoms with Crippen molar-refractivity contribution in [3.8, 4) is 17.2 Å². The second kappa shape index (κ2) is 7.35. The van der Waals surface area contributed by atoms with Gasteiger partial charge in [0.05, 0.1) is 7.11 Å². The predicted octanol–water partition coefficient (Wildman–Crippen LogP) is 3.42. The molecule has 0 aliphatic heterocycles. The van der Waals surface area contributed by atoms with Gasteiger partial charge in [-0.2, -0.15) is 0 Å². The molecule has 0 amide bonds. The Bertz CT molecular complexity index is 704. The first-order valence-electron chi connectivity index (χ1n) is 7.04. The summed E-state index contributed by atoms with van der Waals surface area (Å²) in [6.45, 7) is 1.75. The fourth-order valence-electron chi connectivity index (χ4n) is 1.99. The lowest BCUT2D eigenvalue weighted by Crippen LogP contribution is -2.05. The molecule has 120 valence electrons. The predicted molar refractivity (Wildman–Crippen MR) is 86.3 cm³/mol. The van der Waals surface area contributed by atoms with Gasteiger partial charge in [0.1, 0.15) is 11.9 Å². The van der Waals surface area contributed by atoms with E-state index in [1.807, 2.05) is 0 Å². The monoisotopic (exact) mass is 314 g/mol. The highest BCUT2D eigenvalue weighted by Gasteiger charge is 2.09. The number of hydrogen-bond acceptors (Lipinski definition) is 5. The number of phenolic OH excluding ortho intramolecular Hbond substituents is 2. The Morgan fingerprint density at radius 3 is 2.48 bits per heavy atom. The summed E-state index contributed by atoms with van der Waals surface area (Å²) in [7, 11) is 1.45. The zero-order valence-corrected chi connectivity index (χ0v) is 12.9. The Kier molecular flexibility index (Phi) is 5.25. The van der Waals surface area contributed by atoms with Crippen LogP contribution in [0.2, 0.25) is 0 Å². The highest BCUT2D eigenvalue weighted by molar-refractivity contribution is 5.87. The first kappa shape index (κ1) is 16.4. The highest BCUT2D eigenvalue weighted by atomic mass is 16.5. The van der Waals surface area contributed by atoms with Crippen LogP contribution >= 0.6 is 0 Å². The van der Waals surface area contributed by atoms with E-state index in [2.05, 4.69) is 0 Å². The van der Waals surface area contributed by atoms with Crippen LogP contribution in [0.1, 0.15) is 24.2 Å². The van der Waals surface area contributed by atoms with E-state index in [0.717, 1.165) is 5.56 Å². The topological polar surface area (TPSA) is 76.0 Å². The van der Waals surface area contributed by atoms with Crippen molar-refractivity contribution in [1.29, 1.82) is 0 Å². The Balaban J connectivity index is 2.00. The second-order valence-corrected chi connectivity index (χ2v) is 4.94. The maximum absolute atomic E-state index is 11.8. The standard InChI is InChI=1S/C18H18O5/c1-12(14-5-7-15(19)8-6-14)23-18(21)10-4-13-3-9-16(20)17(11-13)22-2/h3-12,19-20H,1-2H3. The average molecular weight is 314 g/mol. The third kappa shape index (κ3) is 4.51. The molecular weight excluding hydrogens is 296 g/mol. The fourth-order valence-corrected chi connectivity index (χ4v) is 1.99. The Morgan fingerprint density at radius 1 is 1.13 bits per heavy atom. The second-order valence-electron chi connectivity index (χ2n) is 4.94. The normalized spacial score (nSPS) is 12.1. The number of ether oxygens (including phenoxy) is 2. The smallest absolute Gasteiger partial charge is 0.331 e. The molecule has 0 aromatic heterocycles. The van der Waals surface area contributed by atoms with Crippen molar-refractivity contribution < 1.29 is 24.5 Å². The summed E-state index contributed by atoms with van der Waals surface area (Å²) in [5, 5.41) is 18.8. The van der Waals surface area contributed by atoms with Crippen LogP contribution < -0.4 is 4.74 Å². The summed E-state index contributed by atoms with van der Waals surface area (Å²) in [6, 6.07) is 11.2. The van der Waals surface area contributed by atoms with Gasteiger partial charge in [-0.25, -0.2) is 4.79 Å². The molecule has 0 spiro atoms. The van der Waals surface area contributed by atoms with Gasteiger partial charge in [-0.1, -0.05) is 18.2 Å². The molecule has 2 rings (SSSR count). The van der Waals surface area contributed by atoms with Crippen molar-refractivity contribution in [1.82, 2.24) is 0 Å². The molecule has 2 N–H and O–H groups in total. The minimum absolute atomic E-state index is 0.0354. The molecule has 23 heavy (non-hydrogen) atoms. The van der Waals surface area contributed by atoms with Crippen LogP contribution in [0.15, 0.2) is 48.5 Å². The molecule has 0 aliphatic rings. The van der Waals surface area contributed by atoms with Gasteiger partial charge in [-0.05, 0) is 48.4 Å². The van der Waals surface area contributed by atoms with Gasteiger partial charge >= 0.3 is 5.97 Å². The van der Waals surface area contributed by atoms with Gasteiger partial charge in [-0.3, -0.25) is 0 Å². The van der Waals surface area contributed by atoms with Gasteiger partial charge in [0.15, 0.2) is 11.5 Å². The first-order chi connectivity index (χ1) is 11.0. The molecule has 0 heterocycles. The van der Waals surface area contributed by atoms with Crippen molar-refractivity contribution >= 4 is 12.0 Å². The summed E-state index contributed by atoms with van der Waals surface area (Å²) < 4.78 is 10.3. The largest absolute Gasteiger partial charge is 0.508 e. The first-order valence-corrected chi connectivity index (χ1v) is 7.04. The quantitative estimate of drug-likeness (QED) is 0.653. The van der Waals surface area contributed by atoms with E-state index < -0.39 is 12.1 Å². The maximum Gasteiger partial charge on any atom is 0.331 e. The van der Waals surface area contributed by atoms with Gasteiger partial charge in [0, 0.05) is 6.08 Å². The van der Waals surface area contributed by atoms with Crippen LogP contribution in [-0.4, -0.2) is 23.3 Å². The van der Waals surface area contributed by atoms with Crippen molar-refractivity contribution in [3.05, 3.63) is 59.7 Å². The minimum Gasteiger partial charge on any atom is -0.508 e. The zero-order chi connectivity index (χ0) is 16.8. The number of phenols is 2. The number of methoxy groups -OCH3 is 1. The summed E-state index contributed by atoms with van der Waals surface area (Å²) >= 11 is 0. The Morgan fingerprint density at radius 2 is 1.83 bits per heavy atom. The van der Waals surface area contributed by atoms with Gasteiger partial charge < -0.3 is 19.7 Å². The molecule has 5 heteroatoms. The lowest BCUT2D eigenvalue weighted by atomic mass is 10.1. The molecule has 1 unspecified atom stereocenters. The van der Waals surface area contributed by atoms with Crippen molar-refractivity contribution in [2.24, 2.45) is 0 Å². The third-order valence-electron chi connectivity index (χ3n) is 3.27. The Hall–Kier alpha value is -2.95. The molecule has 0 saturated carbocycles. The van der Waals surface area contributed by atoms with Gasteiger partial charge in [0.25, 0.3) is 0 Å². The van der Waals surface area contributed by atoms with Crippen molar-refractivity contribution in [2.45, 2.75) is 13.0 Å². The summed E-state index contributed by atoms with van der Waals surface area (Å²) in [5.74, 6) is 0.0391. The maximum atomic E-state index is 11.8. The fraction of sp³-hybridized carbons (Fsp3) is 0.167. The van der Waals surface area contributed by atoms with Crippen LogP contribution in [-0.2, 0) is 9.53 Å². The molecule has 1 atom stereocenters. The number of rotatable bonds is 5. The average Bonchev–Trinajstić information content (AvgIpc) is 2.54. The third-order valence-corrected chi connectivity index (χ3v) is 3.27. The number of esters is 1. The van der Waals surface area contributed by atoms with Crippen LogP contribution in [0, 0.1) is 0 Å². The van der Waals surface area contributed by atoms with Crippen LogP contribution in [0.5, 0.6) is 17.2 Å². The van der Waals surface area contributed by atoms with Crippen molar-refractivity contribution in [3.63, 3.8) is 0 Å². The molecule has 0 saturated heterocycles. The summed E-state index contributed by atoms with van der Waals surface area (Å²) in [5.41, 5.74) is 1.49. The van der Waals surface area contributed by atoms with Crippen molar-refractivity contribution in [2.75, 3.05) is 7.11 Å². The number of carbonyl (C=O) groups is 1. The summed E-state index contributed by atoms with van der Waals surface area (Å²) in [6.07, 6.45) is 2.46. The molecule has 0 fully saturated rings. The van der Waals surface area contributed by atoms with E-state index in [4.69, 9.17) is 9.47 Å². The SMILES string of the molecule is COc1cc(C=CC(=O)OC(C)c2ccc(O)cc2)ccc1O. The lowest BCUT2D eigenvalue weighted by molar-refractivity contribution is -0.142. The highest BCUT2D eigenvalue weighted by Crippen LogP contribution is 2.27. The molecule has 0 bridgehead atoms. The number of carbonyl (C=O) groups excluding carboxylic acids is 1. The molecular formula is C18H18O5. The number of hydrogen-bond donors (Lipinski definition) is 2. The van der Waals surface area contributed by atoms with E-state index >= 15 is 0 Å². The molecule has 0 radical (unpaired) electrons. The summed E-state index contributed by atoms with van der Waals surface area (Å²) in [4.78, 5) is 11.8. The van der Waals surface area contributed by atoms with E-state index in [1.54, 1.807) is 37.3 Å². The zero-order valence-electron chi connectivity index (χ0n) is 12.9. The molecule has 2 aromatic rings. The molecule has 5 nitrogen and oxygen atoms in total. The van der Waals surface area contributed by atoms with Crippen LogP contribution in [0.3, 0.4) is 0 Å². The molecule has 0 aliphatic carbocycles. The van der Waals surface area contributed by atoms with E-state index in [0.29, 0.717) is 11.3 Å². The van der Waals surface area contributed by atoms with Crippen LogP contribution in [0.4, 0.5) is 0 Å².